The van der Waals surface area contributed by atoms with E-state index in [1.165, 1.54) is 12.0 Å². The summed E-state index contributed by atoms with van der Waals surface area (Å²) < 4.78 is 12.6. The van der Waals surface area contributed by atoms with Crippen molar-refractivity contribution in [3.8, 4) is 5.75 Å². The number of imidazole rings is 1. The molecular weight excluding hydrogens is 534 g/mol. The number of likely N-dealkylation sites (tertiary alicyclic amines) is 1. The number of benzene rings is 3. The maximum atomic E-state index is 13.4. The molecule has 1 atom stereocenters. The van der Waals surface area contributed by atoms with Crippen molar-refractivity contribution in [1.82, 2.24) is 14.5 Å². The zero-order valence-electron chi connectivity index (χ0n) is 23.4. The molecule has 5 rings (SSSR count). The van der Waals surface area contributed by atoms with Crippen molar-refractivity contribution < 1.29 is 29.0 Å². The first-order valence-corrected chi connectivity index (χ1v) is 13.6. The minimum Gasteiger partial charge on any atom is -0.507 e. The molecule has 0 bridgehead atoms. The predicted molar refractivity (Wildman–Crippen MR) is 156 cm³/mol. The number of hydrogen-bond donors (Lipinski definition) is 1. The van der Waals surface area contributed by atoms with Crippen LogP contribution >= 0.6 is 0 Å². The van der Waals surface area contributed by atoms with Crippen LogP contribution in [0.1, 0.15) is 45.1 Å². The highest BCUT2D eigenvalue weighted by Crippen LogP contribution is 2.39. The molecule has 9 nitrogen and oxygen atoms in total. The van der Waals surface area contributed by atoms with Gasteiger partial charge >= 0.3 is 5.97 Å². The summed E-state index contributed by atoms with van der Waals surface area (Å²) >= 11 is 0. The number of esters is 1. The number of rotatable bonds is 10. The fourth-order valence-corrected chi connectivity index (χ4v) is 5.02. The number of carbonyl (C=O) groups is 3. The molecule has 42 heavy (non-hydrogen) atoms. The van der Waals surface area contributed by atoms with Crippen LogP contribution in [0.4, 0.5) is 0 Å². The lowest BCUT2D eigenvalue weighted by Gasteiger charge is -2.25. The molecule has 0 saturated carbocycles. The second-order valence-corrected chi connectivity index (χ2v) is 10.00. The smallest absolute Gasteiger partial charge is 0.337 e. The molecule has 0 radical (unpaired) electrons. The van der Waals surface area contributed by atoms with Crippen LogP contribution in [0.2, 0.25) is 0 Å². The van der Waals surface area contributed by atoms with Crippen molar-refractivity contribution in [3.05, 3.63) is 125 Å². The molecule has 2 heterocycles. The number of carbonyl (C=O) groups excluding carboxylic acids is 3. The summed E-state index contributed by atoms with van der Waals surface area (Å²) in [6, 6.07) is 20.4. The summed E-state index contributed by atoms with van der Waals surface area (Å²) in [6.07, 6.45) is 5.75. The second-order valence-electron chi connectivity index (χ2n) is 10.00. The van der Waals surface area contributed by atoms with Crippen LogP contribution in [0.25, 0.3) is 5.76 Å². The molecule has 1 amide bonds. The highest BCUT2D eigenvalue weighted by molar-refractivity contribution is 6.46. The minimum absolute atomic E-state index is 0.0120. The summed E-state index contributed by atoms with van der Waals surface area (Å²) in [7, 11) is 1.30. The number of Topliss-reactive ketones (excluding diaryl/α,β-unsaturated/α-hetero) is 1. The third kappa shape index (κ3) is 5.95. The van der Waals surface area contributed by atoms with Gasteiger partial charge in [0.1, 0.15) is 18.1 Å². The number of methoxy groups -OCH3 is 1. The lowest BCUT2D eigenvalue weighted by Crippen LogP contribution is -2.31. The van der Waals surface area contributed by atoms with E-state index in [0.717, 1.165) is 11.1 Å². The Morgan fingerprint density at radius 3 is 2.33 bits per heavy atom. The molecule has 1 aliphatic heterocycles. The van der Waals surface area contributed by atoms with Crippen LogP contribution in [0, 0.1) is 6.92 Å². The van der Waals surface area contributed by atoms with E-state index in [1.807, 2.05) is 42.0 Å². The van der Waals surface area contributed by atoms with Gasteiger partial charge in [-0.15, -0.1) is 0 Å². The first-order valence-electron chi connectivity index (χ1n) is 13.6. The van der Waals surface area contributed by atoms with Gasteiger partial charge in [0.05, 0.1) is 30.6 Å². The molecule has 0 spiro atoms. The normalized spacial score (nSPS) is 16.0. The van der Waals surface area contributed by atoms with Crippen molar-refractivity contribution in [2.24, 2.45) is 0 Å². The molecule has 1 saturated heterocycles. The highest BCUT2D eigenvalue weighted by atomic mass is 16.5. The topological polar surface area (TPSA) is 111 Å². The zero-order valence-corrected chi connectivity index (χ0v) is 23.4. The average molecular weight is 566 g/mol. The number of aliphatic hydroxyl groups excluding tert-OH is 1. The molecule has 3 aromatic carbocycles. The van der Waals surface area contributed by atoms with E-state index in [2.05, 4.69) is 4.98 Å². The molecule has 4 aromatic rings. The second kappa shape index (κ2) is 12.6. The Balaban J connectivity index is 1.43. The van der Waals surface area contributed by atoms with Crippen molar-refractivity contribution in [1.29, 1.82) is 0 Å². The molecule has 0 aliphatic carbocycles. The van der Waals surface area contributed by atoms with Crippen LogP contribution in [0.5, 0.6) is 5.75 Å². The maximum absolute atomic E-state index is 13.4. The zero-order chi connectivity index (χ0) is 29.6. The van der Waals surface area contributed by atoms with Crippen LogP contribution in [-0.2, 0) is 27.5 Å². The Kier molecular flexibility index (Phi) is 8.47. The Hall–Kier alpha value is -5.18. The number of aliphatic hydroxyl groups is 1. The number of nitrogens with zero attached hydrogens (tertiary/aromatic N) is 3. The molecular formula is C33H31N3O6. The van der Waals surface area contributed by atoms with Crippen molar-refractivity contribution in [2.75, 3.05) is 13.7 Å². The summed E-state index contributed by atoms with van der Waals surface area (Å²) in [5, 5.41) is 11.4. The maximum Gasteiger partial charge on any atom is 0.337 e. The molecule has 214 valence electrons. The van der Waals surface area contributed by atoms with Gasteiger partial charge in [0.2, 0.25) is 0 Å². The fraction of sp³-hybridized carbons (Fsp3) is 0.212. The molecule has 1 fully saturated rings. The van der Waals surface area contributed by atoms with Gasteiger partial charge in [-0.25, -0.2) is 9.78 Å². The van der Waals surface area contributed by atoms with Gasteiger partial charge in [-0.2, -0.15) is 0 Å². The average Bonchev–Trinajstić information content (AvgIpc) is 3.63. The Morgan fingerprint density at radius 2 is 1.67 bits per heavy atom. The quantitative estimate of drug-likeness (QED) is 0.124. The monoisotopic (exact) mass is 565 g/mol. The SMILES string of the molecule is COC(=O)c1ccc(C2/C(=C(/O)c3ccc(OCc4ccccc4C)cc3)C(=O)C(=O)N2CCCn2ccnc2)cc1. The third-order valence-corrected chi connectivity index (χ3v) is 7.35. The van der Waals surface area contributed by atoms with E-state index in [4.69, 9.17) is 9.47 Å². The summed E-state index contributed by atoms with van der Waals surface area (Å²) in [5.74, 6) is -1.64. The fourth-order valence-electron chi connectivity index (χ4n) is 5.02. The van der Waals surface area contributed by atoms with Crippen LogP contribution < -0.4 is 4.74 Å². The predicted octanol–water partition coefficient (Wildman–Crippen LogP) is 5.07. The number of hydrogen-bond acceptors (Lipinski definition) is 7. The first-order chi connectivity index (χ1) is 20.4. The Morgan fingerprint density at radius 1 is 0.952 bits per heavy atom. The Labute approximate surface area is 243 Å². The van der Waals surface area contributed by atoms with E-state index < -0.39 is 23.7 Å². The highest BCUT2D eigenvalue weighted by Gasteiger charge is 2.45. The number of aromatic nitrogens is 2. The van der Waals surface area contributed by atoms with Gasteiger partial charge < -0.3 is 24.0 Å². The minimum atomic E-state index is -0.837. The van der Waals surface area contributed by atoms with Crippen molar-refractivity contribution in [3.63, 3.8) is 0 Å². The van der Waals surface area contributed by atoms with E-state index in [0.29, 0.717) is 42.0 Å². The molecule has 1 unspecified atom stereocenters. The molecule has 1 N–H and O–H groups in total. The van der Waals surface area contributed by atoms with E-state index >= 15 is 0 Å². The van der Waals surface area contributed by atoms with Gasteiger partial charge in [0.25, 0.3) is 11.7 Å². The molecule has 1 aromatic heterocycles. The molecule has 9 heteroatoms. The Bertz CT molecular complexity index is 1610. The van der Waals surface area contributed by atoms with Crippen molar-refractivity contribution >= 4 is 23.4 Å². The van der Waals surface area contributed by atoms with E-state index in [-0.39, 0.29) is 17.9 Å². The first kappa shape index (κ1) is 28.4. The lowest BCUT2D eigenvalue weighted by atomic mass is 9.94. The summed E-state index contributed by atoms with van der Waals surface area (Å²) in [5.41, 5.74) is 3.48. The standard InChI is InChI=1S/C33H31N3O6/c1-22-6-3-4-7-26(22)20-42-27-14-12-24(13-15-27)30(37)28-29(23-8-10-25(11-9-23)33(40)41-2)36(32(39)31(28)38)18-5-17-35-19-16-34-21-35/h3-4,6-16,19,21,29,37H,5,17-18,20H2,1-2H3/b30-28-. The van der Waals surface area contributed by atoms with Crippen LogP contribution in [0.3, 0.4) is 0 Å². The van der Waals surface area contributed by atoms with Crippen LogP contribution in [0.15, 0.2) is 97.1 Å². The largest absolute Gasteiger partial charge is 0.507 e. The summed E-state index contributed by atoms with van der Waals surface area (Å²) in [4.78, 5) is 44.1. The van der Waals surface area contributed by atoms with Crippen LogP contribution in [-0.4, -0.2) is 50.9 Å². The van der Waals surface area contributed by atoms with Gasteiger partial charge in [-0.3, -0.25) is 9.59 Å². The van der Waals surface area contributed by atoms with Gasteiger partial charge in [0.15, 0.2) is 0 Å². The van der Waals surface area contributed by atoms with Gasteiger partial charge in [0, 0.05) is 31.0 Å². The number of aryl methyl sites for hydroxylation is 2. The number of ketones is 1. The number of ether oxygens (including phenoxy) is 2. The van der Waals surface area contributed by atoms with Gasteiger partial charge in [-0.05, 0) is 66.4 Å². The summed E-state index contributed by atoms with van der Waals surface area (Å²) in [6.45, 7) is 3.28. The van der Waals surface area contributed by atoms with Gasteiger partial charge in [-0.1, -0.05) is 36.4 Å². The van der Waals surface area contributed by atoms with E-state index in [9.17, 15) is 19.5 Å². The lowest BCUT2D eigenvalue weighted by molar-refractivity contribution is -0.139. The van der Waals surface area contributed by atoms with E-state index in [1.54, 1.807) is 61.1 Å². The van der Waals surface area contributed by atoms with Crippen molar-refractivity contribution in [2.45, 2.75) is 32.5 Å². The molecule has 1 aliphatic rings. The number of amides is 1. The third-order valence-electron chi connectivity index (χ3n) is 7.35.